The van der Waals surface area contributed by atoms with Gasteiger partial charge in [0.2, 0.25) is 5.91 Å². The number of amides is 1. The molecule has 0 radical (unpaired) electrons. The first kappa shape index (κ1) is 16.3. The normalized spacial score (nSPS) is 29.4. The molecule has 2 aliphatic rings. The first-order valence-corrected chi connectivity index (χ1v) is 8.51. The smallest absolute Gasteiger partial charge is 0.306 e. The molecule has 0 heterocycles. The molecule has 2 aliphatic carbocycles. The van der Waals surface area contributed by atoms with Gasteiger partial charge in [0.15, 0.2) is 0 Å². The number of aliphatic carboxylic acids is 1. The summed E-state index contributed by atoms with van der Waals surface area (Å²) in [6.45, 7) is 3.07. The van der Waals surface area contributed by atoms with Crippen LogP contribution < -0.4 is 5.32 Å². The fraction of sp³-hybridized carbons (Fsp3) is 0.882. The highest BCUT2D eigenvalue weighted by Crippen LogP contribution is 2.34. The van der Waals surface area contributed by atoms with Crippen LogP contribution in [0, 0.1) is 17.3 Å². The number of carboxylic acid groups (broad SMARTS) is 1. The molecule has 0 aromatic carbocycles. The largest absolute Gasteiger partial charge is 0.481 e. The van der Waals surface area contributed by atoms with Crippen LogP contribution in [0.4, 0.5) is 0 Å². The molecule has 0 aromatic rings. The fourth-order valence-electron chi connectivity index (χ4n) is 3.81. The average Bonchev–Trinajstić information content (AvgIpc) is 2.70. The van der Waals surface area contributed by atoms with Gasteiger partial charge in [-0.1, -0.05) is 32.6 Å². The van der Waals surface area contributed by atoms with E-state index in [9.17, 15) is 9.59 Å². The Bertz CT molecular complexity index is 364. The average molecular weight is 295 g/mol. The van der Waals surface area contributed by atoms with Gasteiger partial charge in [0.1, 0.15) is 0 Å². The molecular formula is C17H29NO3. The Hall–Kier alpha value is -1.06. The zero-order valence-corrected chi connectivity index (χ0v) is 13.2. The van der Waals surface area contributed by atoms with E-state index in [4.69, 9.17) is 5.11 Å². The molecule has 0 bridgehead atoms. The molecule has 120 valence electrons. The Labute approximate surface area is 127 Å². The third-order valence-corrected chi connectivity index (χ3v) is 5.45. The zero-order valence-electron chi connectivity index (χ0n) is 13.2. The third-order valence-electron chi connectivity index (χ3n) is 5.45. The molecule has 0 saturated heterocycles. The van der Waals surface area contributed by atoms with E-state index in [0.29, 0.717) is 12.8 Å². The van der Waals surface area contributed by atoms with Crippen LogP contribution >= 0.6 is 0 Å². The molecule has 0 atom stereocenters. The minimum absolute atomic E-state index is 0.0231. The first-order valence-electron chi connectivity index (χ1n) is 8.51. The molecule has 2 N–H and O–H groups in total. The van der Waals surface area contributed by atoms with Crippen LogP contribution in [-0.2, 0) is 9.59 Å². The fourth-order valence-corrected chi connectivity index (χ4v) is 3.81. The molecule has 21 heavy (non-hydrogen) atoms. The molecular weight excluding hydrogens is 266 g/mol. The molecule has 0 spiro atoms. The van der Waals surface area contributed by atoms with Crippen molar-refractivity contribution in [2.45, 2.75) is 71.1 Å². The molecule has 2 rings (SSSR count). The summed E-state index contributed by atoms with van der Waals surface area (Å²) in [5.41, 5.74) is 0.254. The quantitative estimate of drug-likeness (QED) is 0.782. The van der Waals surface area contributed by atoms with Crippen molar-refractivity contribution in [2.24, 2.45) is 17.3 Å². The highest BCUT2D eigenvalue weighted by Gasteiger charge is 2.31. The number of hydrogen-bond acceptors (Lipinski definition) is 2. The maximum atomic E-state index is 12.3. The van der Waals surface area contributed by atoms with E-state index in [1.54, 1.807) is 0 Å². The van der Waals surface area contributed by atoms with Gasteiger partial charge in [-0.05, 0) is 43.9 Å². The van der Waals surface area contributed by atoms with Crippen molar-refractivity contribution in [3.8, 4) is 0 Å². The lowest BCUT2D eigenvalue weighted by Crippen LogP contribution is -2.40. The van der Waals surface area contributed by atoms with Gasteiger partial charge in [-0.2, -0.15) is 0 Å². The van der Waals surface area contributed by atoms with Crippen molar-refractivity contribution in [1.82, 2.24) is 5.32 Å². The summed E-state index contributed by atoms with van der Waals surface area (Å²) < 4.78 is 0. The molecule has 0 aromatic heterocycles. The molecule has 0 aliphatic heterocycles. The van der Waals surface area contributed by atoms with E-state index in [2.05, 4.69) is 12.2 Å². The summed E-state index contributed by atoms with van der Waals surface area (Å²) in [5.74, 6) is -0.785. The second kappa shape index (κ2) is 7.28. The Morgan fingerprint density at radius 1 is 1.00 bits per heavy atom. The Morgan fingerprint density at radius 3 is 2.05 bits per heavy atom. The van der Waals surface area contributed by atoms with E-state index in [1.165, 1.54) is 38.5 Å². The summed E-state index contributed by atoms with van der Waals surface area (Å²) in [5, 5.41) is 12.1. The maximum absolute atomic E-state index is 12.3. The van der Waals surface area contributed by atoms with Crippen LogP contribution in [0.1, 0.15) is 71.1 Å². The van der Waals surface area contributed by atoms with Crippen molar-refractivity contribution in [3.05, 3.63) is 0 Å². The SMILES string of the molecule is CC1(CNC(=O)C2CCC(C(=O)O)CC2)CCCCCC1. The Kier molecular flexibility index (Phi) is 5.65. The molecule has 4 nitrogen and oxygen atoms in total. The molecule has 2 fully saturated rings. The van der Waals surface area contributed by atoms with Gasteiger partial charge < -0.3 is 10.4 Å². The second-order valence-corrected chi connectivity index (χ2v) is 7.33. The van der Waals surface area contributed by atoms with Crippen LogP contribution in [0.3, 0.4) is 0 Å². The van der Waals surface area contributed by atoms with Crippen LogP contribution in [-0.4, -0.2) is 23.5 Å². The topological polar surface area (TPSA) is 66.4 Å². The van der Waals surface area contributed by atoms with E-state index < -0.39 is 5.97 Å². The van der Waals surface area contributed by atoms with Gasteiger partial charge in [-0.15, -0.1) is 0 Å². The maximum Gasteiger partial charge on any atom is 0.306 e. The highest BCUT2D eigenvalue weighted by molar-refractivity contribution is 5.79. The van der Waals surface area contributed by atoms with Crippen molar-refractivity contribution in [3.63, 3.8) is 0 Å². The minimum atomic E-state index is -0.708. The van der Waals surface area contributed by atoms with Gasteiger partial charge in [0.25, 0.3) is 0 Å². The van der Waals surface area contributed by atoms with E-state index in [0.717, 1.165) is 19.4 Å². The van der Waals surface area contributed by atoms with Crippen LogP contribution in [0.15, 0.2) is 0 Å². The molecule has 1 amide bonds. The van der Waals surface area contributed by atoms with Crippen molar-refractivity contribution in [1.29, 1.82) is 0 Å². The van der Waals surface area contributed by atoms with Crippen LogP contribution in [0.2, 0.25) is 0 Å². The minimum Gasteiger partial charge on any atom is -0.481 e. The number of hydrogen-bond donors (Lipinski definition) is 2. The van der Waals surface area contributed by atoms with Gasteiger partial charge in [-0.25, -0.2) is 0 Å². The Balaban J connectivity index is 1.75. The number of rotatable bonds is 4. The first-order chi connectivity index (χ1) is 10.0. The predicted octanol–water partition coefficient (Wildman–Crippen LogP) is 3.35. The van der Waals surface area contributed by atoms with Crippen molar-refractivity contribution < 1.29 is 14.7 Å². The molecule has 4 heteroatoms. The summed E-state index contributed by atoms with van der Waals surface area (Å²) in [6.07, 6.45) is 10.3. The zero-order chi connectivity index (χ0) is 15.3. The lowest BCUT2D eigenvalue weighted by atomic mass is 9.80. The standard InChI is InChI=1S/C17H29NO3/c1-17(10-4-2-3-5-11-17)12-18-15(19)13-6-8-14(9-7-13)16(20)21/h13-14H,2-12H2,1H3,(H,18,19)(H,20,21). The number of carbonyl (C=O) groups excluding carboxylic acids is 1. The lowest BCUT2D eigenvalue weighted by molar-refractivity contribution is -0.144. The lowest BCUT2D eigenvalue weighted by Gasteiger charge is -2.30. The van der Waals surface area contributed by atoms with Crippen LogP contribution in [0.25, 0.3) is 0 Å². The summed E-state index contributed by atoms with van der Waals surface area (Å²) in [4.78, 5) is 23.2. The monoisotopic (exact) mass is 295 g/mol. The van der Waals surface area contributed by atoms with Gasteiger partial charge >= 0.3 is 5.97 Å². The number of carbonyl (C=O) groups is 2. The van der Waals surface area contributed by atoms with E-state index in [1.807, 2.05) is 0 Å². The summed E-state index contributed by atoms with van der Waals surface area (Å²) >= 11 is 0. The Morgan fingerprint density at radius 2 is 1.52 bits per heavy atom. The third kappa shape index (κ3) is 4.72. The van der Waals surface area contributed by atoms with Crippen LogP contribution in [0.5, 0.6) is 0 Å². The summed E-state index contributed by atoms with van der Waals surface area (Å²) in [7, 11) is 0. The van der Waals surface area contributed by atoms with Gasteiger partial charge in [0.05, 0.1) is 5.92 Å². The van der Waals surface area contributed by atoms with E-state index >= 15 is 0 Å². The summed E-state index contributed by atoms with van der Waals surface area (Å²) in [6, 6.07) is 0. The van der Waals surface area contributed by atoms with E-state index in [-0.39, 0.29) is 23.2 Å². The highest BCUT2D eigenvalue weighted by atomic mass is 16.4. The number of carboxylic acids is 1. The van der Waals surface area contributed by atoms with Gasteiger partial charge in [0, 0.05) is 12.5 Å². The molecule has 2 saturated carbocycles. The van der Waals surface area contributed by atoms with Crippen molar-refractivity contribution >= 4 is 11.9 Å². The van der Waals surface area contributed by atoms with Gasteiger partial charge in [-0.3, -0.25) is 9.59 Å². The number of nitrogens with one attached hydrogen (secondary N) is 1. The molecule has 0 unspecified atom stereocenters. The van der Waals surface area contributed by atoms with Crippen molar-refractivity contribution in [2.75, 3.05) is 6.54 Å². The second-order valence-electron chi connectivity index (χ2n) is 7.33. The predicted molar refractivity (Wildman–Crippen MR) is 81.9 cm³/mol.